The Kier molecular flexibility index (Phi) is 2.31. The molecule has 0 fully saturated rings. The van der Waals surface area contributed by atoms with Gasteiger partial charge in [0.05, 0.1) is 0 Å². The van der Waals surface area contributed by atoms with Gasteiger partial charge in [0.2, 0.25) is 0 Å². The lowest BCUT2D eigenvalue weighted by Gasteiger charge is -2.05. The molecule has 0 spiro atoms. The Balaban J connectivity index is 2.58. The van der Waals surface area contributed by atoms with Crippen LogP contribution in [0.5, 0.6) is 0 Å². The van der Waals surface area contributed by atoms with E-state index in [9.17, 15) is 0 Å². The average molecular weight is 135 g/mol. The molecule has 0 saturated carbocycles. The van der Waals surface area contributed by atoms with E-state index in [1.807, 2.05) is 0 Å². The van der Waals surface area contributed by atoms with Crippen molar-refractivity contribution < 1.29 is 0 Å². The first-order chi connectivity index (χ1) is 4.74. The third-order valence-corrected chi connectivity index (χ3v) is 2.10. The molecule has 10 heavy (non-hydrogen) atoms. The monoisotopic (exact) mass is 135 g/mol. The van der Waals surface area contributed by atoms with Crippen molar-refractivity contribution >= 4 is 0 Å². The van der Waals surface area contributed by atoms with E-state index in [-0.39, 0.29) is 0 Å². The Labute approximate surface area is 63.6 Å². The van der Waals surface area contributed by atoms with Crippen LogP contribution in [0.3, 0.4) is 0 Å². The molecule has 2 atom stereocenters. The molecule has 0 bridgehead atoms. The van der Waals surface area contributed by atoms with Gasteiger partial charge in [-0.05, 0) is 29.9 Å². The lowest BCUT2D eigenvalue weighted by molar-refractivity contribution is 0.665. The van der Waals surface area contributed by atoms with E-state index in [0.29, 0.717) is 11.8 Å². The maximum atomic E-state index is 3.41. The second-order valence-electron chi connectivity index (χ2n) is 3.06. The van der Waals surface area contributed by atoms with Crippen molar-refractivity contribution in [2.75, 3.05) is 0 Å². The van der Waals surface area contributed by atoms with Gasteiger partial charge in [0.25, 0.3) is 0 Å². The molecule has 1 aliphatic rings. The maximum Gasteiger partial charge on any atom is -0.000133 e. The minimum Gasteiger partial charge on any atom is -0.0770 e. The van der Waals surface area contributed by atoms with Crippen LogP contribution >= 0.6 is 0 Å². The highest BCUT2D eigenvalue weighted by molar-refractivity contribution is 5.26. The Morgan fingerprint density at radius 1 is 1.70 bits per heavy atom. The number of hydrogen-bond acceptors (Lipinski definition) is 0. The summed E-state index contributed by atoms with van der Waals surface area (Å²) in [5.41, 5.74) is 1.40. The van der Waals surface area contributed by atoms with Crippen molar-refractivity contribution in [3.05, 3.63) is 23.8 Å². The van der Waals surface area contributed by atoms with Crippen LogP contribution in [0.1, 0.15) is 27.2 Å². The van der Waals surface area contributed by atoms with Gasteiger partial charge in [-0.1, -0.05) is 32.9 Å². The van der Waals surface area contributed by atoms with Crippen LogP contribution in [0.4, 0.5) is 0 Å². The van der Waals surface area contributed by atoms with Crippen LogP contribution in [0.15, 0.2) is 17.7 Å². The minimum atomic E-state index is 0.545. The molecular formula is C10H15. The van der Waals surface area contributed by atoms with Crippen molar-refractivity contribution in [3.8, 4) is 0 Å². The standard InChI is InChI=1S/C10H15/c1-4-9(3)10-6-5-8(2)7-10/h5-6,8-9H,4H2,1-3H3. The molecule has 0 aromatic carbocycles. The molecule has 2 unspecified atom stereocenters. The largest absolute Gasteiger partial charge is 0.0770 e. The molecular weight excluding hydrogens is 120 g/mol. The molecule has 1 aliphatic carbocycles. The highest BCUT2D eigenvalue weighted by atomic mass is 14.1. The van der Waals surface area contributed by atoms with Crippen molar-refractivity contribution in [2.45, 2.75) is 27.2 Å². The summed E-state index contributed by atoms with van der Waals surface area (Å²) in [6.07, 6.45) is 9.05. The van der Waals surface area contributed by atoms with E-state index in [0.717, 1.165) is 0 Å². The zero-order valence-corrected chi connectivity index (χ0v) is 7.02. The summed E-state index contributed by atoms with van der Waals surface area (Å²) in [5, 5.41) is 0. The molecule has 55 valence electrons. The molecule has 1 rings (SSSR count). The predicted molar refractivity (Wildman–Crippen MR) is 44.5 cm³/mol. The second kappa shape index (κ2) is 3.05. The van der Waals surface area contributed by atoms with Crippen molar-refractivity contribution in [3.63, 3.8) is 0 Å². The van der Waals surface area contributed by atoms with E-state index in [4.69, 9.17) is 0 Å². The zero-order chi connectivity index (χ0) is 7.56. The van der Waals surface area contributed by atoms with Crippen LogP contribution in [0, 0.1) is 17.9 Å². The molecule has 0 nitrogen and oxygen atoms in total. The smallest absolute Gasteiger partial charge is 0.000133 e. The Bertz CT molecular complexity index is 163. The van der Waals surface area contributed by atoms with Crippen LogP contribution in [0.2, 0.25) is 0 Å². The topological polar surface area (TPSA) is 0 Å². The van der Waals surface area contributed by atoms with Gasteiger partial charge in [0.1, 0.15) is 0 Å². The highest BCUT2D eigenvalue weighted by Crippen LogP contribution is 2.22. The Morgan fingerprint density at radius 2 is 2.40 bits per heavy atom. The van der Waals surface area contributed by atoms with Crippen LogP contribution in [-0.2, 0) is 0 Å². The van der Waals surface area contributed by atoms with Crippen molar-refractivity contribution in [1.82, 2.24) is 0 Å². The summed E-state index contributed by atoms with van der Waals surface area (Å²) in [6, 6.07) is 0. The van der Waals surface area contributed by atoms with Gasteiger partial charge in [-0.25, -0.2) is 0 Å². The molecule has 0 aliphatic heterocycles. The van der Waals surface area contributed by atoms with Gasteiger partial charge in [-0.3, -0.25) is 0 Å². The predicted octanol–water partition coefficient (Wildman–Crippen LogP) is 2.97. The molecule has 0 aromatic heterocycles. The lowest BCUT2D eigenvalue weighted by atomic mass is 9.99. The van der Waals surface area contributed by atoms with Gasteiger partial charge in [0.15, 0.2) is 0 Å². The van der Waals surface area contributed by atoms with E-state index in [1.54, 1.807) is 0 Å². The fraction of sp³-hybridized carbons (Fsp3) is 0.600. The SMILES string of the molecule is CCC(C)C1=[C]C(C)C=C1. The molecule has 0 amide bonds. The van der Waals surface area contributed by atoms with E-state index >= 15 is 0 Å². The summed E-state index contributed by atoms with van der Waals surface area (Å²) in [7, 11) is 0. The average Bonchev–Trinajstić information content (AvgIpc) is 2.34. The summed E-state index contributed by atoms with van der Waals surface area (Å²) in [5.74, 6) is 1.24. The second-order valence-corrected chi connectivity index (χ2v) is 3.06. The van der Waals surface area contributed by atoms with Crippen LogP contribution in [-0.4, -0.2) is 0 Å². The maximum absolute atomic E-state index is 3.41. The molecule has 0 heterocycles. The summed E-state index contributed by atoms with van der Waals surface area (Å²) < 4.78 is 0. The Morgan fingerprint density at radius 3 is 2.80 bits per heavy atom. The molecule has 1 radical (unpaired) electrons. The van der Waals surface area contributed by atoms with Gasteiger partial charge >= 0.3 is 0 Å². The first-order valence-electron chi connectivity index (χ1n) is 4.05. The van der Waals surface area contributed by atoms with Gasteiger partial charge in [-0.2, -0.15) is 0 Å². The van der Waals surface area contributed by atoms with Gasteiger partial charge < -0.3 is 0 Å². The molecule has 0 heteroatoms. The van der Waals surface area contributed by atoms with Gasteiger partial charge in [-0.15, -0.1) is 0 Å². The fourth-order valence-corrected chi connectivity index (χ4v) is 1.13. The van der Waals surface area contributed by atoms with Crippen molar-refractivity contribution in [1.29, 1.82) is 0 Å². The summed E-state index contributed by atoms with van der Waals surface area (Å²) in [6.45, 7) is 6.65. The van der Waals surface area contributed by atoms with Gasteiger partial charge in [0, 0.05) is 0 Å². The molecule has 0 N–H and O–H groups in total. The third kappa shape index (κ3) is 1.50. The summed E-state index contributed by atoms with van der Waals surface area (Å²) in [4.78, 5) is 0. The summed E-state index contributed by atoms with van der Waals surface area (Å²) >= 11 is 0. The van der Waals surface area contributed by atoms with Crippen LogP contribution in [0.25, 0.3) is 0 Å². The van der Waals surface area contributed by atoms with E-state index in [1.165, 1.54) is 12.0 Å². The van der Waals surface area contributed by atoms with Crippen LogP contribution < -0.4 is 0 Å². The first-order valence-corrected chi connectivity index (χ1v) is 4.05. The lowest BCUT2D eigenvalue weighted by Crippen LogP contribution is -1.93. The number of allylic oxidation sites excluding steroid dienone is 4. The molecule has 0 saturated heterocycles. The zero-order valence-electron chi connectivity index (χ0n) is 7.02. The van der Waals surface area contributed by atoms with E-state index < -0.39 is 0 Å². The Hall–Kier alpha value is -0.520. The number of hydrogen-bond donors (Lipinski definition) is 0. The van der Waals surface area contributed by atoms with E-state index in [2.05, 4.69) is 39.0 Å². The van der Waals surface area contributed by atoms with Crippen molar-refractivity contribution in [2.24, 2.45) is 11.8 Å². The molecule has 0 aromatic rings. The highest BCUT2D eigenvalue weighted by Gasteiger charge is 2.09. The normalized spacial score (nSPS) is 26.7. The quantitative estimate of drug-likeness (QED) is 0.546. The minimum absolute atomic E-state index is 0.545. The number of rotatable bonds is 2. The first kappa shape index (κ1) is 7.59. The third-order valence-electron chi connectivity index (χ3n) is 2.10. The fourth-order valence-electron chi connectivity index (χ4n) is 1.13.